The van der Waals surface area contributed by atoms with E-state index in [2.05, 4.69) is 15.2 Å². The molecule has 0 unspecified atom stereocenters. The van der Waals surface area contributed by atoms with Crippen LogP contribution in [0.25, 0.3) is 10.9 Å². The maximum Gasteiger partial charge on any atom is 0.359 e. The average Bonchev–Trinajstić information content (AvgIpc) is 2.60. The van der Waals surface area contributed by atoms with Gasteiger partial charge in [-0.05, 0) is 19.9 Å². The Morgan fingerprint density at radius 1 is 1.60 bits per heavy atom. The second kappa shape index (κ2) is 3.68. The van der Waals surface area contributed by atoms with Gasteiger partial charge in [-0.2, -0.15) is 5.10 Å². The minimum absolute atomic E-state index is 0.291. The van der Waals surface area contributed by atoms with Crippen LogP contribution in [0.4, 0.5) is 0 Å². The molecule has 0 atom stereocenters. The summed E-state index contributed by atoms with van der Waals surface area (Å²) in [6, 6.07) is 1.84. The fourth-order valence-corrected chi connectivity index (χ4v) is 1.37. The maximum atomic E-state index is 11.5. The van der Waals surface area contributed by atoms with Crippen LogP contribution in [-0.2, 0) is 4.74 Å². The number of fused-ring (bicyclic) bond motifs is 1. The molecule has 0 spiro atoms. The third-order valence-electron chi connectivity index (χ3n) is 2.05. The lowest BCUT2D eigenvalue weighted by Crippen LogP contribution is -2.05. The van der Waals surface area contributed by atoms with Gasteiger partial charge in [0.05, 0.1) is 17.5 Å². The van der Waals surface area contributed by atoms with Gasteiger partial charge < -0.3 is 4.74 Å². The van der Waals surface area contributed by atoms with Gasteiger partial charge in [-0.3, -0.25) is 10.1 Å². The largest absolute Gasteiger partial charge is 0.461 e. The smallest absolute Gasteiger partial charge is 0.359 e. The number of nitrogens with zero attached hydrogens (tertiary/aromatic N) is 2. The van der Waals surface area contributed by atoms with Crippen molar-refractivity contribution in [2.75, 3.05) is 6.61 Å². The van der Waals surface area contributed by atoms with E-state index >= 15 is 0 Å². The summed E-state index contributed by atoms with van der Waals surface area (Å²) in [7, 11) is 0. The van der Waals surface area contributed by atoms with Crippen LogP contribution < -0.4 is 0 Å². The van der Waals surface area contributed by atoms with Crippen LogP contribution in [0.3, 0.4) is 0 Å². The molecule has 0 aromatic carbocycles. The van der Waals surface area contributed by atoms with Crippen molar-refractivity contribution in [1.29, 1.82) is 0 Å². The average molecular weight is 205 g/mol. The van der Waals surface area contributed by atoms with Crippen LogP contribution in [0, 0.1) is 6.92 Å². The predicted molar refractivity (Wildman–Crippen MR) is 54.6 cm³/mol. The highest BCUT2D eigenvalue weighted by molar-refractivity contribution is 6.01. The first-order valence-corrected chi connectivity index (χ1v) is 4.70. The number of aromatic nitrogens is 3. The van der Waals surface area contributed by atoms with Crippen molar-refractivity contribution in [1.82, 2.24) is 15.2 Å². The van der Waals surface area contributed by atoms with Crippen molar-refractivity contribution < 1.29 is 9.53 Å². The van der Waals surface area contributed by atoms with Crippen molar-refractivity contribution in [2.24, 2.45) is 0 Å². The molecule has 0 aliphatic rings. The summed E-state index contributed by atoms with van der Waals surface area (Å²) in [5, 5.41) is 7.39. The van der Waals surface area contributed by atoms with Crippen LogP contribution >= 0.6 is 0 Å². The zero-order chi connectivity index (χ0) is 10.8. The van der Waals surface area contributed by atoms with E-state index in [-0.39, 0.29) is 0 Å². The summed E-state index contributed by atoms with van der Waals surface area (Å²) >= 11 is 0. The lowest BCUT2D eigenvalue weighted by molar-refractivity contribution is 0.0521. The molecule has 1 N–H and O–H groups in total. The molecule has 5 nitrogen and oxygen atoms in total. The summed E-state index contributed by atoms with van der Waals surface area (Å²) in [4.78, 5) is 15.6. The number of aryl methyl sites for hydroxylation is 1. The van der Waals surface area contributed by atoms with Crippen molar-refractivity contribution in [3.05, 3.63) is 23.7 Å². The van der Waals surface area contributed by atoms with Gasteiger partial charge in [-0.15, -0.1) is 0 Å². The number of rotatable bonds is 2. The van der Waals surface area contributed by atoms with E-state index in [1.807, 2.05) is 13.0 Å². The fourth-order valence-electron chi connectivity index (χ4n) is 1.37. The maximum absolute atomic E-state index is 11.5. The van der Waals surface area contributed by atoms with Crippen molar-refractivity contribution in [2.45, 2.75) is 13.8 Å². The third-order valence-corrected chi connectivity index (χ3v) is 2.05. The molecule has 0 saturated heterocycles. The SMILES string of the molecule is CCOC(=O)c1n[nH]c2cc(C)ncc12. The lowest BCUT2D eigenvalue weighted by atomic mass is 10.2. The molecule has 0 aliphatic carbocycles. The Balaban J connectivity index is 2.49. The van der Waals surface area contributed by atoms with Crippen molar-refractivity contribution in [3.63, 3.8) is 0 Å². The molecule has 2 aromatic heterocycles. The van der Waals surface area contributed by atoms with Gasteiger partial charge in [0.1, 0.15) is 0 Å². The first kappa shape index (κ1) is 9.64. The second-order valence-corrected chi connectivity index (χ2v) is 3.16. The minimum Gasteiger partial charge on any atom is -0.461 e. The first-order chi connectivity index (χ1) is 7.22. The molecular weight excluding hydrogens is 194 g/mol. The highest BCUT2D eigenvalue weighted by Crippen LogP contribution is 2.15. The minimum atomic E-state index is -0.422. The van der Waals surface area contributed by atoms with Crippen molar-refractivity contribution in [3.8, 4) is 0 Å². The summed E-state index contributed by atoms with van der Waals surface area (Å²) < 4.78 is 4.88. The van der Waals surface area contributed by atoms with Crippen LogP contribution in [0.2, 0.25) is 0 Å². The Labute approximate surface area is 86.5 Å². The molecule has 0 fully saturated rings. The molecule has 2 rings (SSSR count). The highest BCUT2D eigenvalue weighted by Gasteiger charge is 2.15. The summed E-state index contributed by atoms with van der Waals surface area (Å²) in [6.07, 6.45) is 1.63. The van der Waals surface area contributed by atoms with Crippen LogP contribution in [0.1, 0.15) is 23.1 Å². The number of carbonyl (C=O) groups excluding carboxylic acids is 1. The van der Waals surface area contributed by atoms with Gasteiger partial charge in [0.25, 0.3) is 0 Å². The third kappa shape index (κ3) is 1.68. The lowest BCUT2D eigenvalue weighted by Gasteiger charge is -1.97. The normalized spacial score (nSPS) is 10.5. The Morgan fingerprint density at radius 3 is 3.13 bits per heavy atom. The van der Waals surface area contributed by atoms with Crippen molar-refractivity contribution >= 4 is 16.9 Å². The molecule has 5 heteroatoms. The van der Waals surface area contributed by atoms with E-state index in [1.165, 1.54) is 0 Å². The van der Waals surface area contributed by atoms with E-state index < -0.39 is 5.97 Å². The van der Waals surface area contributed by atoms with Gasteiger partial charge in [0.15, 0.2) is 5.69 Å². The number of hydrogen-bond donors (Lipinski definition) is 1. The Morgan fingerprint density at radius 2 is 2.40 bits per heavy atom. The van der Waals surface area contributed by atoms with Gasteiger partial charge in [0, 0.05) is 11.9 Å². The Hall–Kier alpha value is -1.91. The van der Waals surface area contributed by atoms with Gasteiger partial charge in [0.2, 0.25) is 0 Å². The molecule has 15 heavy (non-hydrogen) atoms. The number of nitrogens with one attached hydrogen (secondary N) is 1. The van der Waals surface area contributed by atoms with Crippen LogP contribution in [-0.4, -0.2) is 27.8 Å². The van der Waals surface area contributed by atoms with Gasteiger partial charge in [-0.1, -0.05) is 0 Å². The van der Waals surface area contributed by atoms with E-state index in [0.717, 1.165) is 11.2 Å². The zero-order valence-corrected chi connectivity index (χ0v) is 8.57. The fraction of sp³-hybridized carbons (Fsp3) is 0.300. The number of esters is 1. The molecule has 2 heterocycles. The quantitative estimate of drug-likeness (QED) is 0.753. The van der Waals surface area contributed by atoms with Crippen LogP contribution in [0.5, 0.6) is 0 Å². The van der Waals surface area contributed by atoms with Gasteiger partial charge >= 0.3 is 5.97 Å². The number of carbonyl (C=O) groups is 1. The molecule has 0 saturated carbocycles. The number of hydrogen-bond acceptors (Lipinski definition) is 4. The monoisotopic (exact) mass is 205 g/mol. The van der Waals surface area contributed by atoms with Crippen LogP contribution in [0.15, 0.2) is 12.3 Å². The number of aromatic amines is 1. The number of ether oxygens (including phenoxy) is 1. The molecule has 0 radical (unpaired) electrons. The Kier molecular flexibility index (Phi) is 2.37. The zero-order valence-electron chi connectivity index (χ0n) is 8.57. The summed E-state index contributed by atoms with van der Waals surface area (Å²) in [6.45, 7) is 3.98. The molecule has 0 aliphatic heterocycles. The molecule has 0 bridgehead atoms. The first-order valence-electron chi connectivity index (χ1n) is 4.70. The number of H-pyrrole nitrogens is 1. The van der Waals surface area contributed by atoms with E-state index in [4.69, 9.17) is 4.74 Å². The van der Waals surface area contributed by atoms with Gasteiger partial charge in [-0.25, -0.2) is 4.79 Å². The van der Waals surface area contributed by atoms with E-state index in [0.29, 0.717) is 17.7 Å². The molecule has 78 valence electrons. The predicted octanol–water partition coefficient (Wildman–Crippen LogP) is 1.44. The highest BCUT2D eigenvalue weighted by atomic mass is 16.5. The second-order valence-electron chi connectivity index (χ2n) is 3.16. The van der Waals surface area contributed by atoms with E-state index in [9.17, 15) is 4.79 Å². The molecule has 0 amide bonds. The standard InChI is InChI=1S/C10H11N3O2/c1-3-15-10(14)9-7-5-11-6(2)4-8(7)12-13-9/h4-5H,3H2,1-2H3,(H,12,13). The number of pyridine rings is 1. The Bertz CT molecular complexity index is 504. The summed E-state index contributed by atoms with van der Waals surface area (Å²) in [5.41, 5.74) is 1.96. The molecule has 2 aromatic rings. The topological polar surface area (TPSA) is 67.9 Å². The summed E-state index contributed by atoms with van der Waals surface area (Å²) in [5.74, 6) is -0.422. The molecular formula is C10H11N3O2. The van der Waals surface area contributed by atoms with E-state index in [1.54, 1.807) is 13.1 Å².